The van der Waals surface area contributed by atoms with Gasteiger partial charge in [-0.25, -0.2) is 0 Å². The summed E-state index contributed by atoms with van der Waals surface area (Å²) in [5, 5.41) is 0. The molecule has 74 valence electrons. The van der Waals surface area contributed by atoms with E-state index in [1.807, 2.05) is 30.4 Å². The topological polar surface area (TPSA) is 0 Å². The second kappa shape index (κ2) is 6.45. The first kappa shape index (κ1) is 11.1. The number of benzene rings is 1. The normalized spacial score (nSPS) is 9.33. The Morgan fingerprint density at radius 1 is 1.27 bits per heavy atom. The quantitative estimate of drug-likeness (QED) is 0.510. The lowest BCUT2D eigenvalue weighted by atomic mass is 10.1. The van der Waals surface area contributed by atoms with Crippen LogP contribution in [0.5, 0.6) is 0 Å². The highest BCUT2D eigenvalue weighted by Crippen LogP contribution is 1.98. The van der Waals surface area contributed by atoms with Crippen LogP contribution in [0, 0.1) is 11.8 Å². The highest BCUT2D eigenvalue weighted by Gasteiger charge is 1.85. The van der Waals surface area contributed by atoms with E-state index in [2.05, 4.69) is 37.1 Å². The molecule has 0 bridgehead atoms. The van der Waals surface area contributed by atoms with Gasteiger partial charge in [-0.3, -0.25) is 0 Å². The number of hydrogen-bond donors (Lipinski definition) is 0. The average molecular weight is 194 g/mol. The summed E-state index contributed by atoms with van der Waals surface area (Å²) in [6.07, 6.45) is 6.16. The minimum atomic E-state index is 0.766. The van der Waals surface area contributed by atoms with Crippen molar-refractivity contribution >= 4 is 0 Å². The summed E-state index contributed by atoms with van der Waals surface area (Å²) in [6, 6.07) is 10.2. The van der Waals surface area contributed by atoms with Gasteiger partial charge in [0.15, 0.2) is 0 Å². The van der Waals surface area contributed by atoms with Gasteiger partial charge in [0.05, 0.1) is 0 Å². The molecule has 0 spiro atoms. The first-order valence-corrected chi connectivity index (χ1v) is 4.83. The van der Waals surface area contributed by atoms with Crippen molar-refractivity contribution in [2.45, 2.75) is 6.42 Å². The third-order valence-electron chi connectivity index (χ3n) is 1.82. The summed E-state index contributed by atoms with van der Waals surface area (Å²) in [6.45, 7) is 7.40. The van der Waals surface area contributed by atoms with Gasteiger partial charge in [0, 0.05) is 12.0 Å². The molecule has 0 aliphatic carbocycles. The van der Waals surface area contributed by atoms with Crippen LogP contribution in [-0.2, 0) is 6.42 Å². The molecule has 0 heteroatoms. The highest BCUT2D eigenvalue weighted by atomic mass is 13.9. The molecule has 0 N–H and O–H groups in total. The minimum absolute atomic E-state index is 0.766. The first-order chi connectivity index (χ1) is 7.33. The van der Waals surface area contributed by atoms with Gasteiger partial charge in [-0.05, 0) is 11.6 Å². The fraction of sp³-hybridized carbons (Fsp3) is 0.0667. The van der Waals surface area contributed by atoms with Crippen LogP contribution in [0.25, 0.3) is 0 Å². The third-order valence-corrected chi connectivity index (χ3v) is 1.82. The summed E-state index contributed by atoms with van der Waals surface area (Å²) in [4.78, 5) is 0. The van der Waals surface area contributed by atoms with E-state index in [0.29, 0.717) is 0 Å². The van der Waals surface area contributed by atoms with E-state index in [4.69, 9.17) is 0 Å². The van der Waals surface area contributed by atoms with Crippen molar-refractivity contribution in [3.8, 4) is 11.8 Å². The van der Waals surface area contributed by atoms with Gasteiger partial charge in [0.2, 0.25) is 0 Å². The highest BCUT2D eigenvalue weighted by molar-refractivity contribution is 5.37. The lowest BCUT2D eigenvalue weighted by Gasteiger charge is -1.91. The summed E-state index contributed by atoms with van der Waals surface area (Å²) in [7, 11) is 0. The average Bonchev–Trinajstić information content (AvgIpc) is 2.28. The van der Waals surface area contributed by atoms with Crippen molar-refractivity contribution < 1.29 is 0 Å². The van der Waals surface area contributed by atoms with Gasteiger partial charge in [-0.15, -0.1) is 0 Å². The summed E-state index contributed by atoms with van der Waals surface area (Å²) >= 11 is 0. The van der Waals surface area contributed by atoms with E-state index in [0.717, 1.165) is 12.0 Å². The second-order valence-corrected chi connectivity index (χ2v) is 3.08. The molecule has 0 atom stereocenters. The Bertz CT molecular complexity index is 410. The smallest absolute Gasteiger partial charge is 0.0344 e. The maximum Gasteiger partial charge on any atom is 0.0344 e. The van der Waals surface area contributed by atoms with Crippen LogP contribution in [0.1, 0.15) is 5.56 Å². The number of allylic oxidation sites excluding steroid dienone is 4. The largest absolute Gasteiger partial charge is 0.0991 e. The monoisotopic (exact) mass is 194 g/mol. The predicted molar refractivity (Wildman–Crippen MR) is 66.4 cm³/mol. The Hall–Kier alpha value is -2.00. The van der Waals surface area contributed by atoms with E-state index >= 15 is 0 Å². The Morgan fingerprint density at radius 3 is 2.67 bits per heavy atom. The van der Waals surface area contributed by atoms with Crippen LogP contribution in [0.15, 0.2) is 67.3 Å². The molecule has 15 heavy (non-hydrogen) atoms. The predicted octanol–water partition coefficient (Wildman–Crippen LogP) is 3.53. The molecule has 1 rings (SSSR count). The molecule has 0 fully saturated rings. The molecule has 0 nitrogen and oxygen atoms in total. The fourth-order valence-corrected chi connectivity index (χ4v) is 1.08. The Kier molecular flexibility index (Phi) is 4.77. The van der Waals surface area contributed by atoms with Crippen LogP contribution >= 0.6 is 0 Å². The van der Waals surface area contributed by atoms with Crippen LogP contribution in [0.4, 0.5) is 0 Å². The molecule has 0 radical (unpaired) electrons. The summed E-state index contributed by atoms with van der Waals surface area (Å²) in [5.41, 5.74) is 2.04. The zero-order chi connectivity index (χ0) is 10.9. The Morgan fingerprint density at radius 2 is 2.00 bits per heavy atom. The van der Waals surface area contributed by atoms with Gasteiger partial charge in [0.1, 0.15) is 0 Å². The SMILES string of the molecule is C=CC=CC(=C)C#CCc1ccccc1. The van der Waals surface area contributed by atoms with Gasteiger partial charge >= 0.3 is 0 Å². The van der Waals surface area contributed by atoms with Gasteiger partial charge < -0.3 is 0 Å². The fourth-order valence-electron chi connectivity index (χ4n) is 1.08. The molecule has 0 aliphatic heterocycles. The Balaban J connectivity index is 2.50. The van der Waals surface area contributed by atoms with Crippen molar-refractivity contribution in [1.82, 2.24) is 0 Å². The van der Waals surface area contributed by atoms with Crippen molar-refractivity contribution in [1.29, 1.82) is 0 Å². The summed E-state index contributed by atoms with van der Waals surface area (Å²) in [5.74, 6) is 6.06. The van der Waals surface area contributed by atoms with E-state index in [1.54, 1.807) is 6.08 Å². The Labute approximate surface area is 91.6 Å². The van der Waals surface area contributed by atoms with Gasteiger partial charge in [0.25, 0.3) is 0 Å². The molecule has 0 aliphatic rings. The zero-order valence-corrected chi connectivity index (χ0v) is 8.74. The van der Waals surface area contributed by atoms with Crippen molar-refractivity contribution in [3.63, 3.8) is 0 Å². The van der Waals surface area contributed by atoms with Gasteiger partial charge in [-0.1, -0.05) is 67.5 Å². The molecule has 1 aromatic rings. The molecule has 0 saturated heterocycles. The van der Waals surface area contributed by atoms with E-state index < -0.39 is 0 Å². The van der Waals surface area contributed by atoms with Crippen LogP contribution in [0.3, 0.4) is 0 Å². The zero-order valence-electron chi connectivity index (χ0n) is 8.74. The van der Waals surface area contributed by atoms with Crippen LogP contribution in [0.2, 0.25) is 0 Å². The number of hydrogen-bond acceptors (Lipinski definition) is 0. The van der Waals surface area contributed by atoms with Crippen LogP contribution in [-0.4, -0.2) is 0 Å². The lowest BCUT2D eigenvalue weighted by Crippen LogP contribution is -1.79. The van der Waals surface area contributed by atoms with Crippen molar-refractivity contribution in [3.05, 3.63) is 72.9 Å². The molecule has 0 amide bonds. The summed E-state index contributed by atoms with van der Waals surface area (Å²) < 4.78 is 0. The molecule has 0 unspecified atom stereocenters. The molecule has 0 heterocycles. The van der Waals surface area contributed by atoms with Crippen LogP contribution < -0.4 is 0 Å². The maximum absolute atomic E-state index is 3.82. The van der Waals surface area contributed by atoms with Gasteiger partial charge in [-0.2, -0.15) is 0 Å². The minimum Gasteiger partial charge on any atom is -0.0991 e. The molecule has 0 aromatic heterocycles. The lowest BCUT2D eigenvalue weighted by molar-refractivity contribution is 1.32. The van der Waals surface area contributed by atoms with Crippen molar-refractivity contribution in [2.75, 3.05) is 0 Å². The van der Waals surface area contributed by atoms with E-state index in [9.17, 15) is 0 Å². The first-order valence-electron chi connectivity index (χ1n) is 4.83. The number of rotatable bonds is 3. The second-order valence-electron chi connectivity index (χ2n) is 3.08. The third kappa shape index (κ3) is 4.69. The molecule has 0 saturated carbocycles. The molecular weight excluding hydrogens is 180 g/mol. The standard InChI is InChI=1S/C15H14/c1-3-4-9-14(2)10-8-13-15-11-6-5-7-12-15/h3-7,9,11-12H,1-2,13H2. The molecular formula is C15H14. The van der Waals surface area contributed by atoms with E-state index in [1.165, 1.54) is 5.56 Å². The van der Waals surface area contributed by atoms with Crippen molar-refractivity contribution in [2.24, 2.45) is 0 Å². The maximum atomic E-state index is 3.82. The molecule has 1 aromatic carbocycles. The van der Waals surface area contributed by atoms with E-state index in [-0.39, 0.29) is 0 Å².